The van der Waals surface area contributed by atoms with Crippen molar-refractivity contribution in [3.8, 4) is 11.5 Å². The maximum absolute atomic E-state index is 12.6. The lowest BCUT2D eigenvalue weighted by Gasteiger charge is -2.10. The van der Waals surface area contributed by atoms with Crippen LogP contribution in [0.15, 0.2) is 41.6 Å². The number of rotatable bonds is 7. The summed E-state index contributed by atoms with van der Waals surface area (Å²) in [6.45, 7) is 1.85. The zero-order valence-corrected chi connectivity index (χ0v) is 15.1. The molecule has 2 rings (SSSR count). The molecule has 0 aliphatic carbocycles. The number of esters is 1. The number of aryl methyl sites for hydroxylation is 1. The topological polar surface area (TPSA) is 151 Å². The number of phenolic OH excluding ortho intramolecular Hbond substituents is 1. The Hall–Kier alpha value is -2.87. The first-order chi connectivity index (χ1) is 12.6. The molecule has 0 aliphatic heterocycles. The van der Waals surface area contributed by atoms with Crippen LogP contribution in [0.1, 0.15) is 27.9 Å². The molecule has 9 nitrogen and oxygen atoms in total. The highest BCUT2D eigenvalue weighted by atomic mass is 31.2. The van der Waals surface area contributed by atoms with Crippen LogP contribution >= 0.6 is 7.60 Å². The number of benzene rings is 2. The van der Waals surface area contributed by atoms with Crippen LogP contribution in [0, 0.1) is 11.8 Å². The van der Waals surface area contributed by atoms with E-state index in [1.54, 1.807) is 24.3 Å². The van der Waals surface area contributed by atoms with E-state index in [9.17, 15) is 24.2 Å². The minimum Gasteiger partial charge on any atom is -0.503 e. The molecule has 2 aromatic rings. The quantitative estimate of drug-likeness (QED) is 0.214. The molecule has 0 aliphatic rings. The smallest absolute Gasteiger partial charge is 0.326 e. The van der Waals surface area contributed by atoms with E-state index < -0.39 is 49.1 Å². The molecular formula is C17H16NO8P. The fourth-order valence-corrected chi connectivity index (χ4v) is 2.63. The van der Waals surface area contributed by atoms with E-state index in [4.69, 9.17) is 14.5 Å². The molecule has 0 aromatic heterocycles. The molecule has 10 heteroatoms. The predicted octanol–water partition coefficient (Wildman–Crippen LogP) is 2.80. The van der Waals surface area contributed by atoms with Gasteiger partial charge in [-0.15, -0.1) is 4.91 Å². The number of hydrogen-bond acceptors (Lipinski definition) is 7. The van der Waals surface area contributed by atoms with Crippen molar-refractivity contribution in [2.45, 2.75) is 13.3 Å². The van der Waals surface area contributed by atoms with Gasteiger partial charge in [0.25, 0.3) is 0 Å². The summed E-state index contributed by atoms with van der Waals surface area (Å²) in [5.41, 5.74) is 0.684. The highest BCUT2D eigenvalue weighted by Gasteiger charge is 2.21. The summed E-state index contributed by atoms with van der Waals surface area (Å²) in [6, 6.07) is 8.69. The lowest BCUT2D eigenvalue weighted by atomic mass is 10.0. The Bertz CT molecular complexity index is 933. The van der Waals surface area contributed by atoms with E-state index in [2.05, 4.69) is 5.18 Å². The predicted molar refractivity (Wildman–Crippen MR) is 95.3 cm³/mol. The number of hydrogen-bond donors (Lipinski definition) is 3. The first kappa shape index (κ1) is 20.4. The van der Waals surface area contributed by atoms with Crippen LogP contribution in [-0.2, 0) is 9.36 Å². The second-order valence-corrected chi connectivity index (χ2v) is 7.52. The zero-order valence-electron chi connectivity index (χ0n) is 14.2. The summed E-state index contributed by atoms with van der Waals surface area (Å²) in [4.78, 5) is 52.8. The molecule has 0 atom stereocenters. The van der Waals surface area contributed by atoms with Gasteiger partial charge in [0.15, 0.2) is 23.0 Å². The van der Waals surface area contributed by atoms with Crippen LogP contribution in [0.3, 0.4) is 0 Å². The molecule has 0 saturated heterocycles. The van der Waals surface area contributed by atoms with Crippen LogP contribution in [0.2, 0.25) is 0 Å². The molecule has 0 unspecified atom stereocenters. The Balaban J connectivity index is 2.32. The molecule has 142 valence electrons. The van der Waals surface area contributed by atoms with Crippen molar-refractivity contribution < 1.29 is 33.8 Å². The number of ketones is 1. The lowest BCUT2D eigenvalue weighted by molar-refractivity contribution is -0.134. The third kappa shape index (κ3) is 5.55. The summed E-state index contributed by atoms with van der Waals surface area (Å²) >= 11 is 0. The summed E-state index contributed by atoms with van der Waals surface area (Å²) in [5, 5.41) is 12.5. The average Bonchev–Trinajstić information content (AvgIpc) is 2.61. The third-order valence-corrected chi connectivity index (χ3v) is 4.37. The van der Waals surface area contributed by atoms with Crippen molar-refractivity contribution in [3.63, 3.8) is 0 Å². The van der Waals surface area contributed by atoms with Gasteiger partial charge >= 0.3 is 13.6 Å². The number of ether oxygens (including phenoxy) is 1. The van der Waals surface area contributed by atoms with Gasteiger partial charge in [-0.1, -0.05) is 29.8 Å². The second kappa shape index (κ2) is 8.22. The average molecular weight is 393 g/mol. The Labute approximate surface area is 153 Å². The highest BCUT2D eigenvalue weighted by molar-refractivity contribution is 7.51. The van der Waals surface area contributed by atoms with Crippen molar-refractivity contribution in [2.24, 2.45) is 5.18 Å². The number of nitroso groups, excluding NO2 is 1. The van der Waals surface area contributed by atoms with Crippen molar-refractivity contribution >= 4 is 25.0 Å². The largest absolute Gasteiger partial charge is 0.503 e. The van der Waals surface area contributed by atoms with Crippen molar-refractivity contribution in [1.29, 1.82) is 0 Å². The molecule has 27 heavy (non-hydrogen) atoms. The monoisotopic (exact) mass is 393 g/mol. The van der Waals surface area contributed by atoms with Crippen LogP contribution in [0.5, 0.6) is 11.5 Å². The van der Waals surface area contributed by atoms with Gasteiger partial charge in [0.1, 0.15) is 0 Å². The van der Waals surface area contributed by atoms with E-state index in [1.807, 2.05) is 6.92 Å². The van der Waals surface area contributed by atoms with Gasteiger partial charge < -0.3 is 19.6 Å². The fourth-order valence-electron chi connectivity index (χ4n) is 2.15. The Morgan fingerprint density at radius 3 is 2.30 bits per heavy atom. The van der Waals surface area contributed by atoms with Gasteiger partial charge in [-0.2, -0.15) is 0 Å². The van der Waals surface area contributed by atoms with Gasteiger partial charge in [-0.3, -0.25) is 14.2 Å². The Morgan fingerprint density at radius 2 is 1.74 bits per heavy atom. The molecule has 0 spiro atoms. The minimum atomic E-state index is -4.41. The number of carbonyl (C=O) groups is 2. The minimum absolute atomic E-state index is 0.0518. The second-order valence-electron chi connectivity index (χ2n) is 5.74. The van der Waals surface area contributed by atoms with Crippen molar-refractivity contribution in [1.82, 2.24) is 0 Å². The molecule has 0 bridgehead atoms. The highest BCUT2D eigenvalue weighted by Crippen LogP contribution is 2.39. The number of aromatic hydroxyl groups is 1. The van der Waals surface area contributed by atoms with Gasteiger partial charge in [0.2, 0.25) is 0 Å². The maximum Gasteiger partial charge on any atom is 0.326 e. The number of phenols is 1. The first-order valence-electron chi connectivity index (χ1n) is 7.67. The standard InChI is InChI=1S/C17H16NO8P/c1-10-2-4-11(5-3-10)16(20)12-8-13(18-22)17(21)14(9-12)26-15(19)6-7-27(23,24)25/h2-5,8-9,21H,6-7H2,1H3,(H2,23,24,25). The summed E-state index contributed by atoms with van der Waals surface area (Å²) in [5.74, 6) is -2.80. The van der Waals surface area contributed by atoms with Gasteiger partial charge in [-0.25, -0.2) is 0 Å². The normalized spacial score (nSPS) is 11.1. The molecule has 0 amide bonds. The summed E-state index contributed by atoms with van der Waals surface area (Å²) < 4.78 is 15.7. The van der Waals surface area contributed by atoms with Crippen LogP contribution in [-0.4, -0.2) is 32.8 Å². The first-order valence-corrected chi connectivity index (χ1v) is 9.47. The Kier molecular flexibility index (Phi) is 6.22. The molecule has 0 saturated carbocycles. The van der Waals surface area contributed by atoms with Crippen LogP contribution in [0.25, 0.3) is 0 Å². The molecule has 0 heterocycles. The number of carbonyl (C=O) groups excluding carboxylic acids is 2. The molecule has 0 fully saturated rings. The van der Waals surface area contributed by atoms with E-state index >= 15 is 0 Å². The van der Waals surface area contributed by atoms with Gasteiger partial charge in [0, 0.05) is 11.1 Å². The Morgan fingerprint density at radius 1 is 1.11 bits per heavy atom. The van der Waals surface area contributed by atoms with E-state index in [0.717, 1.165) is 17.7 Å². The fraction of sp³-hybridized carbons (Fsp3) is 0.176. The van der Waals surface area contributed by atoms with E-state index in [0.29, 0.717) is 5.56 Å². The van der Waals surface area contributed by atoms with E-state index in [1.165, 1.54) is 0 Å². The van der Waals surface area contributed by atoms with Crippen molar-refractivity contribution in [2.75, 3.05) is 6.16 Å². The third-order valence-electron chi connectivity index (χ3n) is 3.56. The van der Waals surface area contributed by atoms with Crippen LogP contribution in [0.4, 0.5) is 5.69 Å². The molecular weight excluding hydrogens is 377 g/mol. The van der Waals surface area contributed by atoms with Gasteiger partial charge in [0.05, 0.1) is 12.6 Å². The molecule has 3 N–H and O–H groups in total. The maximum atomic E-state index is 12.6. The lowest BCUT2D eigenvalue weighted by Crippen LogP contribution is -2.11. The SMILES string of the molecule is Cc1ccc(C(=O)c2cc(N=O)c(O)c(OC(=O)CCP(=O)(O)O)c2)cc1. The van der Waals surface area contributed by atoms with Gasteiger partial charge in [-0.05, 0) is 24.2 Å². The zero-order chi connectivity index (χ0) is 20.2. The summed E-state index contributed by atoms with van der Waals surface area (Å²) in [6.07, 6.45) is -1.36. The molecule has 0 radical (unpaired) electrons. The summed E-state index contributed by atoms with van der Waals surface area (Å²) in [7, 11) is -4.41. The molecule has 2 aromatic carbocycles. The van der Waals surface area contributed by atoms with Crippen molar-refractivity contribution in [3.05, 3.63) is 58.0 Å². The van der Waals surface area contributed by atoms with Crippen LogP contribution < -0.4 is 4.74 Å². The van der Waals surface area contributed by atoms with E-state index in [-0.39, 0.29) is 5.56 Å². The number of nitrogens with zero attached hydrogens (tertiary/aromatic N) is 1.